The molecule has 0 radical (unpaired) electrons. The summed E-state index contributed by atoms with van der Waals surface area (Å²) in [7, 11) is 1.70. The molecule has 1 saturated heterocycles. The molecule has 3 nitrogen and oxygen atoms in total. The molecule has 0 unspecified atom stereocenters. The van der Waals surface area contributed by atoms with Gasteiger partial charge < -0.3 is 14.8 Å². The third kappa shape index (κ3) is 3.39. The summed E-state index contributed by atoms with van der Waals surface area (Å²) in [5.74, 6) is 2.39. The molecule has 0 aromatic heterocycles. The maximum Gasteiger partial charge on any atom is 0.161 e. The Kier molecular flexibility index (Phi) is 4.88. The summed E-state index contributed by atoms with van der Waals surface area (Å²) in [5, 5.41) is 3.37. The zero-order chi connectivity index (χ0) is 12.8. The molecule has 1 aromatic rings. The molecule has 0 saturated carbocycles. The van der Waals surface area contributed by atoms with Gasteiger partial charge in [-0.3, -0.25) is 0 Å². The van der Waals surface area contributed by atoms with E-state index in [1.807, 2.05) is 6.07 Å². The first-order valence-electron chi connectivity index (χ1n) is 6.84. The van der Waals surface area contributed by atoms with Crippen LogP contribution in [-0.4, -0.2) is 26.8 Å². The Morgan fingerprint density at radius 1 is 1.22 bits per heavy atom. The molecule has 1 N–H and O–H groups in total. The fourth-order valence-corrected chi connectivity index (χ4v) is 2.31. The molecule has 0 amide bonds. The summed E-state index contributed by atoms with van der Waals surface area (Å²) in [6.45, 7) is 5.16. The van der Waals surface area contributed by atoms with E-state index >= 15 is 0 Å². The maximum absolute atomic E-state index is 5.91. The average molecular weight is 249 g/mol. The van der Waals surface area contributed by atoms with Gasteiger partial charge in [-0.15, -0.1) is 0 Å². The Balaban J connectivity index is 1.95. The maximum atomic E-state index is 5.91. The van der Waals surface area contributed by atoms with Crippen molar-refractivity contribution in [2.45, 2.75) is 26.2 Å². The smallest absolute Gasteiger partial charge is 0.161 e. The Labute approximate surface area is 109 Å². The highest BCUT2D eigenvalue weighted by Gasteiger charge is 2.14. The predicted octanol–water partition coefficient (Wildman–Crippen LogP) is 2.64. The van der Waals surface area contributed by atoms with Gasteiger partial charge in [-0.05, 0) is 56.0 Å². The van der Waals surface area contributed by atoms with Crippen LogP contribution in [0.1, 0.15) is 25.3 Å². The summed E-state index contributed by atoms with van der Waals surface area (Å²) >= 11 is 0. The second-order valence-electron chi connectivity index (χ2n) is 4.84. The van der Waals surface area contributed by atoms with Crippen LogP contribution < -0.4 is 14.8 Å². The largest absolute Gasteiger partial charge is 0.493 e. The van der Waals surface area contributed by atoms with Crippen LogP contribution in [0.25, 0.3) is 0 Å². The third-order valence-electron chi connectivity index (χ3n) is 3.57. The monoisotopic (exact) mass is 249 g/mol. The molecule has 1 heterocycles. The molecule has 1 aliphatic rings. The zero-order valence-corrected chi connectivity index (χ0v) is 11.4. The van der Waals surface area contributed by atoms with Crippen LogP contribution in [0.15, 0.2) is 18.2 Å². The van der Waals surface area contributed by atoms with E-state index in [2.05, 4.69) is 24.4 Å². The molecule has 0 spiro atoms. The van der Waals surface area contributed by atoms with Gasteiger partial charge >= 0.3 is 0 Å². The highest BCUT2D eigenvalue weighted by atomic mass is 16.5. The van der Waals surface area contributed by atoms with Crippen LogP contribution in [0.4, 0.5) is 0 Å². The van der Waals surface area contributed by atoms with Crippen LogP contribution >= 0.6 is 0 Å². The van der Waals surface area contributed by atoms with Crippen molar-refractivity contribution in [2.24, 2.45) is 5.92 Å². The van der Waals surface area contributed by atoms with Crippen molar-refractivity contribution in [3.05, 3.63) is 23.8 Å². The molecule has 18 heavy (non-hydrogen) atoms. The molecular formula is C15H23NO2. The molecule has 0 bridgehead atoms. The summed E-state index contributed by atoms with van der Waals surface area (Å²) in [5.41, 5.74) is 1.28. The van der Waals surface area contributed by atoms with E-state index in [1.54, 1.807) is 7.11 Å². The molecule has 1 aromatic carbocycles. The topological polar surface area (TPSA) is 30.5 Å². The van der Waals surface area contributed by atoms with E-state index in [4.69, 9.17) is 9.47 Å². The van der Waals surface area contributed by atoms with Crippen LogP contribution in [-0.2, 0) is 6.42 Å². The molecule has 3 heteroatoms. The quantitative estimate of drug-likeness (QED) is 0.870. The van der Waals surface area contributed by atoms with Crippen LogP contribution in [0.3, 0.4) is 0 Å². The van der Waals surface area contributed by atoms with Crippen LogP contribution in [0.5, 0.6) is 11.5 Å². The lowest BCUT2D eigenvalue weighted by molar-refractivity contribution is 0.208. The highest BCUT2D eigenvalue weighted by Crippen LogP contribution is 2.29. The fourth-order valence-electron chi connectivity index (χ4n) is 2.31. The van der Waals surface area contributed by atoms with E-state index in [0.717, 1.165) is 37.6 Å². The normalized spacial score (nSPS) is 16.6. The molecule has 1 aliphatic heterocycles. The summed E-state index contributed by atoms with van der Waals surface area (Å²) in [6.07, 6.45) is 3.43. The zero-order valence-electron chi connectivity index (χ0n) is 11.4. The highest BCUT2D eigenvalue weighted by molar-refractivity contribution is 5.42. The van der Waals surface area contributed by atoms with Crippen molar-refractivity contribution in [2.75, 3.05) is 26.8 Å². The van der Waals surface area contributed by atoms with Gasteiger partial charge in [-0.1, -0.05) is 13.0 Å². The number of ether oxygens (including phenoxy) is 2. The Hall–Kier alpha value is -1.22. The molecule has 2 rings (SSSR count). The minimum Gasteiger partial charge on any atom is -0.493 e. The molecule has 100 valence electrons. The van der Waals surface area contributed by atoms with Gasteiger partial charge in [-0.2, -0.15) is 0 Å². The van der Waals surface area contributed by atoms with Crippen molar-refractivity contribution in [1.29, 1.82) is 0 Å². The Morgan fingerprint density at radius 3 is 2.67 bits per heavy atom. The van der Waals surface area contributed by atoms with Gasteiger partial charge in [-0.25, -0.2) is 0 Å². The van der Waals surface area contributed by atoms with E-state index < -0.39 is 0 Å². The van der Waals surface area contributed by atoms with Crippen molar-refractivity contribution >= 4 is 0 Å². The molecular weight excluding hydrogens is 226 g/mol. The minimum atomic E-state index is 0.668. The van der Waals surface area contributed by atoms with Crippen LogP contribution in [0.2, 0.25) is 0 Å². The van der Waals surface area contributed by atoms with E-state index in [9.17, 15) is 0 Å². The van der Waals surface area contributed by atoms with Crippen LogP contribution in [0, 0.1) is 5.92 Å². The molecule has 0 atom stereocenters. The lowest BCUT2D eigenvalue weighted by atomic mass is 9.99. The van der Waals surface area contributed by atoms with Gasteiger partial charge in [0.15, 0.2) is 11.5 Å². The number of aryl methyl sites for hydroxylation is 1. The lowest BCUT2D eigenvalue weighted by Gasteiger charge is -2.23. The minimum absolute atomic E-state index is 0.668. The third-order valence-corrected chi connectivity index (χ3v) is 3.57. The summed E-state index contributed by atoms with van der Waals surface area (Å²) < 4.78 is 11.3. The van der Waals surface area contributed by atoms with Crippen molar-refractivity contribution in [1.82, 2.24) is 5.32 Å². The number of hydrogen-bond donors (Lipinski definition) is 1. The number of hydrogen-bond acceptors (Lipinski definition) is 3. The number of nitrogens with one attached hydrogen (secondary N) is 1. The number of benzene rings is 1. The van der Waals surface area contributed by atoms with Gasteiger partial charge in [0, 0.05) is 0 Å². The first-order valence-corrected chi connectivity index (χ1v) is 6.84. The van der Waals surface area contributed by atoms with Crippen molar-refractivity contribution < 1.29 is 9.47 Å². The summed E-state index contributed by atoms with van der Waals surface area (Å²) in [4.78, 5) is 0. The number of methoxy groups -OCH3 is 1. The summed E-state index contributed by atoms with van der Waals surface area (Å²) in [6, 6.07) is 6.21. The van der Waals surface area contributed by atoms with Gasteiger partial charge in [0.1, 0.15) is 0 Å². The van der Waals surface area contributed by atoms with E-state index in [0.29, 0.717) is 5.92 Å². The first-order chi connectivity index (χ1) is 8.83. The van der Waals surface area contributed by atoms with Gasteiger partial charge in [0.05, 0.1) is 13.7 Å². The van der Waals surface area contributed by atoms with Gasteiger partial charge in [0.2, 0.25) is 0 Å². The SMILES string of the molecule is CCc1ccc(OCC2CCNCC2)c(OC)c1. The standard InChI is InChI=1S/C15H23NO2/c1-3-12-4-5-14(15(10-12)17-2)18-11-13-6-8-16-9-7-13/h4-5,10,13,16H,3,6-9,11H2,1-2H3. The molecule has 1 fully saturated rings. The Morgan fingerprint density at radius 2 is 2.00 bits per heavy atom. The fraction of sp³-hybridized carbons (Fsp3) is 0.600. The van der Waals surface area contributed by atoms with Crippen molar-refractivity contribution in [3.63, 3.8) is 0 Å². The average Bonchev–Trinajstić information content (AvgIpc) is 2.46. The second-order valence-corrected chi connectivity index (χ2v) is 4.84. The van der Waals surface area contributed by atoms with E-state index in [-0.39, 0.29) is 0 Å². The number of rotatable bonds is 5. The lowest BCUT2D eigenvalue weighted by Crippen LogP contribution is -2.30. The predicted molar refractivity (Wildman–Crippen MR) is 73.5 cm³/mol. The number of piperidine rings is 1. The first kappa shape index (κ1) is 13.2. The van der Waals surface area contributed by atoms with E-state index in [1.165, 1.54) is 18.4 Å². The molecule has 0 aliphatic carbocycles. The Bertz CT molecular complexity index is 373. The second kappa shape index (κ2) is 6.64. The van der Waals surface area contributed by atoms with Gasteiger partial charge in [0.25, 0.3) is 0 Å². The van der Waals surface area contributed by atoms with Crippen molar-refractivity contribution in [3.8, 4) is 11.5 Å².